The second-order valence-electron chi connectivity index (χ2n) is 6.08. The summed E-state index contributed by atoms with van der Waals surface area (Å²) in [6.07, 6.45) is 1.71. The summed E-state index contributed by atoms with van der Waals surface area (Å²) in [5, 5.41) is 0. The molecule has 0 unspecified atom stereocenters. The molecular formula is C20H22N2O3. The Morgan fingerprint density at radius 3 is 2.44 bits per heavy atom. The minimum atomic E-state index is -0.0314. The lowest BCUT2D eigenvalue weighted by molar-refractivity contribution is -0.128. The number of amides is 2. The molecule has 3 rings (SSSR count). The molecule has 0 radical (unpaired) electrons. The maximum Gasteiger partial charge on any atom is 0.232 e. The van der Waals surface area contributed by atoms with E-state index >= 15 is 0 Å². The topological polar surface area (TPSA) is 49.9 Å². The summed E-state index contributed by atoms with van der Waals surface area (Å²) in [5.74, 6) is 0.804. The number of hydrogen-bond donors (Lipinski definition) is 0. The van der Waals surface area contributed by atoms with Crippen LogP contribution in [0.15, 0.2) is 54.6 Å². The van der Waals surface area contributed by atoms with Gasteiger partial charge in [-0.1, -0.05) is 30.3 Å². The lowest BCUT2D eigenvalue weighted by atomic mass is 10.1. The number of methoxy groups -OCH3 is 1. The minimum absolute atomic E-state index is 0.0314. The van der Waals surface area contributed by atoms with Gasteiger partial charge in [0.2, 0.25) is 11.8 Å². The smallest absolute Gasteiger partial charge is 0.232 e. The maximum absolute atomic E-state index is 12.9. The van der Waals surface area contributed by atoms with Gasteiger partial charge in [-0.15, -0.1) is 0 Å². The number of hydrogen-bond acceptors (Lipinski definition) is 3. The molecule has 0 aromatic heterocycles. The van der Waals surface area contributed by atoms with Crippen LogP contribution in [-0.2, 0) is 16.0 Å². The van der Waals surface area contributed by atoms with Gasteiger partial charge < -0.3 is 9.64 Å². The molecule has 1 aliphatic rings. The Morgan fingerprint density at radius 2 is 1.84 bits per heavy atom. The van der Waals surface area contributed by atoms with E-state index in [-0.39, 0.29) is 18.5 Å². The zero-order valence-corrected chi connectivity index (χ0v) is 14.4. The molecular weight excluding hydrogens is 316 g/mol. The number of ether oxygens (including phenoxy) is 1. The Labute approximate surface area is 147 Å². The first-order valence-corrected chi connectivity index (χ1v) is 8.43. The molecule has 0 saturated carbocycles. The zero-order valence-electron chi connectivity index (χ0n) is 14.4. The van der Waals surface area contributed by atoms with Crippen LogP contribution in [0, 0.1) is 0 Å². The van der Waals surface area contributed by atoms with Crippen molar-refractivity contribution in [1.29, 1.82) is 0 Å². The highest BCUT2D eigenvalue weighted by Gasteiger charge is 2.25. The molecule has 2 aromatic rings. The predicted molar refractivity (Wildman–Crippen MR) is 96.4 cm³/mol. The zero-order chi connectivity index (χ0) is 17.6. The second kappa shape index (κ2) is 7.83. The van der Waals surface area contributed by atoms with Gasteiger partial charge in [-0.25, -0.2) is 0 Å². The number of benzene rings is 2. The summed E-state index contributed by atoms with van der Waals surface area (Å²) >= 11 is 0. The highest BCUT2D eigenvalue weighted by Crippen LogP contribution is 2.22. The summed E-state index contributed by atoms with van der Waals surface area (Å²) in [4.78, 5) is 28.3. The van der Waals surface area contributed by atoms with E-state index in [1.54, 1.807) is 16.9 Å². The van der Waals surface area contributed by atoms with Gasteiger partial charge in [0.05, 0.1) is 13.5 Å². The largest absolute Gasteiger partial charge is 0.497 e. The standard InChI is InChI=1S/C20H22N2O3/c1-25-18-11-9-17(10-12-18)22(15-21-13-5-8-19(21)23)20(24)14-16-6-3-2-4-7-16/h2-4,6-7,9-12H,5,8,13-15H2,1H3. The number of likely N-dealkylation sites (tertiary alicyclic amines) is 1. The van der Waals surface area contributed by atoms with E-state index in [9.17, 15) is 9.59 Å². The van der Waals surface area contributed by atoms with Crippen LogP contribution in [0.1, 0.15) is 18.4 Å². The minimum Gasteiger partial charge on any atom is -0.497 e. The van der Waals surface area contributed by atoms with Crippen molar-refractivity contribution in [1.82, 2.24) is 4.90 Å². The Hall–Kier alpha value is -2.82. The monoisotopic (exact) mass is 338 g/mol. The molecule has 5 heteroatoms. The lowest BCUT2D eigenvalue weighted by Gasteiger charge is -2.28. The number of nitrogens with zero attached hydrogens (tertiary/aromatic N) is 2. The highest BCUT2D eigenvalue weighted by molar-refractivity contribution is 5.95. The Bertz CT molecular complexity index is 728. The summed E-state index contributed by atoms with van der Waals surface area (Å²) in [5.41, 5.74) is 1.72. The van der Waals surface area contributed by atoms with E-state index in [1.165, 1.54) is 0 Å². The van der Waals surface area contributed by atoms with Crippen molar-refractivity contribution in [2.45, 2.75) is 19.3 Å². The van der Waals surface area contributed by atoms with Crippen LogP contribution in [0.25, 0.3) is 0 Å². The van der Waals surface area contributed by atoms with Gasteiger partial charge in [0, 0.05) is 18.7 Å². The molecule has 0 N–H and O–H groups in total. The fourth-order valence-electron chi connectivity index (χ4n) is 2.96. The van der Waals surface area contributed by atoms with Crippen LogP contribution in [0.4, 0.5) is 5.69 Å². The Balaban J connectivity index is 1.81. The van der Waals surface area contributed by atoms with E-state index in [0.717, 1.165) is 23.4 Å². The molecule has 0 atom stereocenters. The normalized spacial score (nSPS) is 13.8. The first-order valence-electron chi connectivity index (χ1n) is 8.43. The van der Waals surface area contributed by atoms with Crippen LogP contribution < -0.4 is 9.64 Å². The predicted octanol–water partition coefficient (Wildman–Crippen LogP) is 2.85. The summed E-state index contributed by atoms with van der Waals surface area (Å²) in [6, 6.07) is 17.0. The molecule has 0 spiro atoms. The molecule has 0 aliphatic carbocycles. The van der Waals surface area contributed by atoms with Gasteiger partial charge >= 0.3 is 0 Å². The Morgan fingerprint density at radius 1 is 1.12 bits per heavy atom. The molecule has 1 fully saturated rings. The van der Waals surface area contributed by atoms with Crippen LogP contribution in [0.3, 0.4) is 0 Å². The average Bonchev–Trinajstić information content (AvgIpc) is 3.05. The molecule has 1 aliphatic heterocycles. The molecule has 130 valence electrons. The van der Waals surface area contributed by atoms with E-state index in [0.29, 0.717) is 19.4 Å². The van der Waals surface area contributed by atoms with Gasteiger partial charge in [-0.2, -0.15) is 0 Å². The van der Waals surface area contributed by atoms with Gasteiger partial charge in [0.25, 0.3) is 0 Å². The van der Waals surface area contributed by atoms with Crippen molar-refractivity contribution in [2.24, 2.45) is 0 Å². The van der Waals surface area contributed by atoms with Gasteiger partial charge in [0.15, 0.2) is 0 Å². The molecule has 2 aromatic carbocycles. The Kier molecular flexibility index (Phi) is 5.33. The number of rotatable bonds is 6. The molecule has 2 amide bonds. The summed E-state index contributed by atoms with van der Waals surface area (Å²) in [7, 11) is 1.61. The molecule has 1 saturated heterocycles. The van der Waals surface area contributed by atoms with Crippen LogP contribution in [0.5, 0.6) is 5.75 Å². The fraction of sp³-hybridized carbons (Fsp3) is 0.300. The quantitative estimate of drug-likeness (QED) is 0.814. The van der Waals surface area contributed by atoms with Crippen LogP contribution >= 0.6 is 0 Å². The second-order valence-corrected chi connectivity index (χ2v) is 6.08. The van der Waals surface area contributed by atoms with Gasteiger partial charge in [0.1, 0.15) is 12.4 Å². The van der Waals surface area contributed by atoms with Crippen molar-refractivity contribution in [3.8, 4) is 5.75 Å². The van der Waals surface area contributed by atoms with E-state index < -0.39 is 0 Å². The van der Waals surface area contributed by atoms with Crippen molar-refractivity contribution in [3.05, 3.63) is 60.2 Å². The van der Waals surface area contributed by atoms with Crippen molar-refractivity contribution >= 4 is 17.5 Å². The third-order valence-electron chi connectivity index (χ3n) is 4.37. The van der Waals surface area contributed by atoms with E-state index in [1.807, 2.05) is 54.6 Å². The number of carbonyl (C=O) groups excluding carboxylic acids is 2. The number of anilines is 1. The first kappa shape index (κ1) is 17.0. The number of carbonyl (C=O) groups is 2. The van der Waals surface area contributed by atoms with Crippen molar-refractivity contribution in [2.75, 3.05) is 25.2 Å². The average molecular weight is 338 g/mol. The third kappa shape index (κ3) is 4.18. The molecule has 1 heterocycles. The summed E-state index contributed by atoms with van der Waals surface area (Å²) < 4.78 is 5.19. The van der Waals surface area contributed by atoms with Crippen molar-refractivity contribution in [3.63, 3.8) is 0 Å². The molecule has 5 nitrogen and oxygen atoms in total. The van der Waals surface area contributed by atoms with Gasteiger partial charge in [-0.3, -0.25) is 14.5 Å². The highest BCUT2D eigenvalue weighted by atomic mass is 16.5. The van der Waals surface area contributed by atoms with E-state index in [2.05, 4.69) is 0 Å². The lowest BCUT2D eigenvalue weighted by Crippen LogP contribution is -2.43. The first-order chi connectivity index (χ1) is 12.2. The molecule has 0 bridgehead atoms. The van der Waals surface area contributed by atoms with E-state index in [4.69, 9.17) is 4.74 Å². The molecule has 25 heavy (non-hydrogen) atoms. The SMILES string of the molecule is COc1ccc(N(CN2CCCC2=O)C(=O)Cc2ccccc2)cc1. The summed E-state index contributed by atoms with van der Waals surface area (Å²) in [6.45, 7) is 0.987. The van der Waals surface area contributed by atoms with Crippen LogP contribution in [0.2, 0.25) is 0 Å². The third-order valence-corrected chi connectivity index (χ3v) is 4.37. The fourth-order valence-corrected chi connectivity index (χ4v) is 2.96. The maximum atomic E-state index is 12.9. The van der Waals surface area contributed by atoms with Gasteiger partial charge in [-0.05, 0) is 36.2 Å². The van der Waals surface area contributed by atoms with Crippen LogP contribution in [-0.4, -0.2) is 37.0 Å². The van der Waals surface area contributed by atoms with Crippen molar-refractivity contribution < 1.29 is 14.3 Å².